The van der Waals surface area contributed by atoms with Gasteiger partial charge in [-0.05, 0) is 48.9 Å². The molecule has 0 saturated heterocycles. The van der Waals surface area contributed by atoms with Crippen LogP contribution in [0.5, 0.6) is 11.6 Å². The van der Waals surface area contributed by atoms with E-state index in [0.717, 1.165) is 19.3 Å². The van der Waals surface area contributed by atoms with Crippen LogP contribution in [0.4, 0.5) is 0 Å². The summed E-state index contributed by atoms with van der Waals surface area (Å²) in [5.74, 6) is 0.299. The van der Waals surface area contributed by atoms with Gasteiger partial charge in [0.2, 0.25) is 5.88 Å². The highest BCUT2D eigenvalue weighted by Gasteiger charge is 2.68. The number of hydrogen-bond acceptors (Lipinski definition) is 6. The van der Waals surface area contributed by atoms with Gasteiger partial charge in [0, 0.05) is 29.2 Å². The summed E-state index contributed by atoms with van der Waals surface area (Å²) < 4.78 is 11.2. The Labute approximate surface area is 194 Å². The highest BCUT2D eigenvalue weighted by Crippen LogP contribution is 2.69. The van der Waals surface area contributed by atoms with E-state index in [9.17, 15) is 14.4 Å². The minimum absolute atomic E-state index is 0.0280. The molecule has 0 unspecified atom stereocenters. The van der Waals surface area contributed by atoms with E-state index in [0.29, 0.717) is 33.7 Å². The molecule has 0 radical (unpaired) electrons. The lowest BCUT2D eigenvalue weighted by Gasteiger charge is -2.70. The average molecular weight is 475 g/mol. The molecule has 3 aliphatic carbocycles. The number of fused-ring (bicyclic) bond motifs is 1. The number of carbonyl (C=O) groups is 3. The Balaban J connectivity index is 1.10. The molecule has 3 fully saturated rings. The summed E-state index contributed by atoms with van der Waals surface area (Å²) in [5.41, 5.74) is 0.0425. The molecule has 166 valence electrons. The Morgan fingerprint density at radius 1 is 1.16 bits per heavy atom. The lowest BCUT2D eigenvalue weighted by Crippen LogP contribution is -2.75. The maximum atomic E-state index is 12.8. The molecule has 1 amide bonds. The standard InChI is InChI=1S/C23H20Cl2N2O5/c24-13-1-3-18-15(5-13)16(28)6-19(32-18)17(29)7-22-10-23(11-22,12-22)27-20(30)9-31-21-4-2-14(25)8-26-21/h1-5,8,19H,6-7,9-12H2,(H,27,30)/t19-,22?,23?/m1/s1. The van der Waals surface area contributed by atoms with Crippen LogP contribution < -0.4 is 14.8 Å². The first-order valence-corrected chi connectivity index (χ1v) is 11.1. The summed E-state index contributed by atoms with van der Waals surface area (Å²) in [6.07, 6.45) is 3.28. The number of pyridine rings is 1. The summed E-state index contributed by atoms with van der Waals surface area (Å²) in [6.45, 7) is -0.135. The fourth-order valence-corrected chi connectivity index (χ4v) is 5.48. The molecular weight excluding hydrogens is 455 g/mol. The number of rotatable bonds is 7. The van der Waals surface area contributed by atoms with Crippen molar-refractivity contribution in [1.82, 2.24) is 10.3 Å². The molecule has 1 N–H and O–H groups in total. The number of ketones is 2. The number of ether oxygens (including phenoxy) is 2. The molecule has 6 rings (SSSR count). The molecule has 1 atom stereocenters. The zero-order valence-electron chi connectivity index (χ0n) is 17.0. The number of aromatic nitrogens is 1. The van der Waals surface area contributed by atoms with Crippen LogP contribution in [0.3, 0.4) is 0 Å². The SMILES string of the molecule is O=C(COc1ccc(Cl)cn1)NC12CC(CC(=O)[C@H]3CC(=O)c4cc(Cl)ccc4O3)(C1)C2. The Bertz CT molecular complexity index is 1100. The van der Waals surface area contributed by atoms with E-state index >= 15 is 0 Å². The minimum Gasteiger partial charge on any atom is -0.481 e. The Morgan fingerprint density at radius 3 is 2.62 bits per heavy atom. The fourth-order valence-electron chi connectivity index (χ4n) is 5.20. The van der Waals surface area contributed by atoms with Gasteiger partial charge in [-0.3, -0.25) is 14.4 Å². The maximum Gasteiger partial charge on any atom is 0.258 e. The second kappa shape index (κ2) is 7.74. The third kappa shape index (κ3) is 3.95. The normalized spacial score (nSPS) is 27.3. The summed E-state index contributed by atoms with van der Waals surface area (Å²) in [5, 5.41) is 3.97. The molecule has 2 aromatic rings. The molecular formula is C23H20Cl2N2O5. The van der Waals surface area contributed by atoms with Crippen LogP contribution in [-0.2, 0) is 9.59 Å². The smallest absolute Gasteiger partial charge is 0.258 e. The van der Waals surface area contributed by atoms with Crippen LogP contribution in [0.25, 0.3) is 0 Å². The third-order valence-electron chi connectivity index (χ3n) is 6.39. The third-order valence-corrected chi connectivity index (χ3v) is 6.85. The van der Waals surface area contributed by atoms with Crippen LogP contribution >= 0.6 is 23.2 Å². The van der Waals surface area contributed by atoms with E-state index in [1.807, 2.05) is 0 Å². The Hall–Kier alpha value is -2.64. The average Bonchev–Trinajstić information content (AvgIpc) is 2.71. The first kappa shape index (κ1) is 21.2. The number of benzene rings is 1. The zero-order valence-corrected chi connectivity index (χ0v) is 18.5. The topological polar surface area (TPSA) is 94.6 Å². The van der Waals surface area contributed by atoms with Gasteiger partial charge in [0.1, 0.15) is 5.75 Å². The first-order chi connectivity index (χ1) is 15.2. The predicted molar refractivity (Wildman–Crippen MR) is 116 cm³/mol. The van der Waals surface area contributed by atoms with Crippen LogP contribution in [0.15, 0.2) is 36.5 Å². The zero-order chi connectivity index (χ0) is 22.5. The van der Waals surface area contributed by atoms with Crippen molar-refractivity contribution in [1.29, 1.82) is 0 Å². The molecule has 2 bridgehead atoms. The second-order valence-electron chi connectivity index (χ2n) is 8.98. The number of halogens is 2. The van der Waals surface area contributed by atoms with Crippen molar-refractivity contribution in [3.63, 3.8) is 0 Å². The van der Waals surface area contributed by atoms with Crippen molar-refractivity contribution in [2.24, 2.45) is 5.41 Å². The van der Waals surface area contributed by atoms with E-state index in [1.165, 1.54) is 6.20 Å². The van der Waals surface area contributed by atoms with Crippen molar-refractivity contribution in [3.8, 4) is 11.6 Å². The summed E-state index contributed by atoms with van der Waals surface area (Å²) in [4.78, 5) is 41.5. The van der Waals surface area contributed by atoms with Gasteiger partial charge < -0.3 is 14.8 Å². The Morgan fingerprint density at radius 2 is 1.91 bits per heavy atom. The fraction of sp³-hybridized carbons (Fsp3) is 0.391. The van der Waals surface area contributed by atoms with Crippen molar-refractivity contribution in [2.75, 3.05) is 6.61 Å². The molecule has 1 aromatic carbocycles. The van der Waals surface area contributed by atoms with Crippen LogP contribution in [0, 0.1) is 5.41 Å². The van der Waals surface area contributed by atoms with Crippen molar-refractivity contribution in [2.45, 2.75) is 43.7 Å². The molecule has 32 heavy (non-hydrogen) atoms. The number of amides is 1. The van der Waals surface area contributed by atoms with Gasteiger partial charge in [-0.25, -0.2) is 4.98 Å². The Kier molecular flexibility index (Phi) is 5.13. The first-order valence-electron chi connectivity index (χ1n) is 10.3. The summed E-state index contributed by atoms with van der Waals surface area (Å²) in [6, 6.07) is 8.08. The number of nitrogens with zero attached hydrogens (tertiary/aromatic N) is 1. The van der Waals surface area contributed by atoms with Crippen molar-refractivity contribution in [3.05, 3.63) is 52.1 Å². The molecule has 2 heterocycles. The molecule has 4 aliphatic rings. The van der Waals surface area contributed by atoms with Gasteiger partial charge in [-0.1, -0.05) is 23.2 Å². The van der Waals surface area contributed by atoms with E-state index < -0.39 is 6.10 Å². The molecule has 0 spiro atoms. The van der Waals surface area contributed by atoms with E-state index in [4.69, 9.17) is 32.7 Å². The van der Waals surface area contributed by atoms with Crippen LogP contribution in [0.1, 0.15) is 42.5 Å². The van der Waals surface area contributed by atoms with Crippen molar-refractivity contribution < 1.29 is 23.9 Å². The summed E-state index contributed by atoms with van der Waals surface area (Å²) >= 11 is 11.7. The van der Waals surface area contributed by atoms with Gasteiger partial charge in [0.25, 0.3) is 5.91 Å². The highest BCUT2D eigenvalue weighted by atomic mass is 35.5. The highest BCUT2D eigenvalue weighted by molar-refractivity contribution is 6.31. The number of carbonyl (C=O) groups excluding carboxylic acids is 3. The molecule has 9 heteroatoms. The van der Waals surface area contributed by atoms with Gasteiger partial charge in [0.15, 0.2) is 24.3 Å². The lowest BCUT2D eigenvalue weighted by molar-refractivity contribution is -0.175. The molecule has 1 aliphatic heterocycles. The van der Waals surface area contributed by atoms with E-state index in [1.54, 1.807) is 30.3 Å². The van der Waals surface area contributed by atoms with Gasteiger partial charge in [0.05, 0.1) is 17.0 Å². The van der Waals surface area contributed by atoms with Gasteiger partial charge in [-0.15, -0.1) is 0 Å². The minimum atomic E-state index is -0.768. The van der Waals surface area contributed by atoms with E-state index in [2.05, 4.69) is 10.3 Å². The van der Waals surface area contributed by atoms with Crippen LogP contribution in [-0.4, -0.2) is 40.7 Å². The van der Waals surface area contributed by atoms with Gasteiger partial charge in [-0.2, -0.15) is 0 Å². The number of hydrogen-bond donors (Lipinski definition) is 1. The van der Waals surface area contributed by atoms with Crippen LogP contribution in [0.2, 0.25) is 10.0 Å². The van der Waals surface area contributed by atoms with E-state index in [-0.39, 0.29) is 41.5 Å². The number of nitrogens with one attached hydrogen (secondary N) is 1. The predicted octanol–water partition coefficient (Wildman–Crippen LogP) is 3.80. The number of Topliss-reactive ketones (excluding diaryl/α,β-unsaturated/α-hetero) is 2. The van der Waals surface area contributed by atoms with Crippen molar-refractivity contribution >= 4 is 40.7 Å². The monoisotopic (exact) mass is 474 g/mol. The second-order valence-corrected chi connectivity index (χ2v) is 9.85. The summed E-state index contributed by atoms with van der Waals surface area (Å²) in [7, 11) is 0. The molecule has 7 nitrogen and oxygen atoms in total. The maximum absolute atomic E-state index is 12.8. The molecule has 1 aromatic heterocycles. The lowest BCUT2D eigenvalue weighted by atomic mass is 9.38. The quantitative estimate of drug-likeness (QED) is 0.655. The molecule has 3 saturated carbocycles. The van der Waals surface area contributed by atoms with Gasteiger partial charge >= 0.3 is 0 Å². The largest absolute Gasteiger partial charge is 0.481 e.